The Hall–Kier alpha value is -3.07. The van der Waals surface area contributed by atoms with Crippen LogP contribution >= 0.6 is 11.8 Å². The number of para-hydroxylation sites is 1. The van der Waals surface area contributed by atoms with Crippen molar-refractivity contribution >= 4 is 23.5 Å². The van der Waals surface area contributed by atoms with Crippen molar-refractivity contribution in [3.63, 3.8) is 0 Å². The first-order valence-electron chi connectivity index (χ1n) is 9.86. The number of methoxy groups -OCH3 is 2. The van der Waals surface area contributed by atoms with Gasteiger partial charge < -0.3 is 14.8 Å². The van der Waals surface area contributed by atoms with Crippen molar-refractivity contribution in [2.24, 2.45) is 0 Å². The first-order valence-corrected chi connectivity index (χ1v) is 11.1. The van der Waals surface area contributed by atoms with Crippen LogP contribution in [0.15, 0.2) is 35.6 Å². The minimum atomic E-state index is -0.0906. The Morgan fingerprint density at radius 3 is 2.52 bits per heavy atom. The number of nitrogens with zero attached hydrogens (tertiary/aromatic N) is 4. The molecule has 1 aromatic carbocycles. The van der Waals surface area contributed by atoms with Crippen molar-refractivity contribution < 1.29 is 14.3 Å². The lowest BCUT2D eigenvalue weighted by Gasteiger charge is -2.14. The number of aromatic nitrogens is 4. The topological polar surface area (TPSA) is 91.2 Å². The van der Waals surface area contributed by atoms with Gasteiger partial charge in [0.15, 0.2) is 16.7 Å². The summed E-state index contributed by atoms with van der Waals surface area (Å²) in [6, 6.07) is 7.46. The number of rotatable bonds is 9. The molecule has 0 saturated heterocycles. The van der Waals surface area contributed by atoms with Crippen LogP contribution in [0.3, 0.4) is 0 Å². The number of carbonyl (C=O) groups excluding carboxylic acids is 1. The molecule has 0 unspecified atom stereocenters. The van der Waals surface area contributed by atoms with Gasteiger partial charge in [0.25, 0.3) is 0 Å². The smallest absolute Gasteiger partial charge is 0.225 e. The normalized spacial score (nSPS) is 10.7. The average Bonchev–Trinajstić information content (AvgIpc) is 3.18. The highest BCUT2D eigenvalue weighted by atomic mass is 32.2. The van der Waals surface area contributed by atoms with E-state index in [1.807, 2.05) is 38.3 Å². The molecular weight excluding hydrogens is 414 g/mol. The van der Waals surface area contributed by atoms with Gasteiger partial charge >= 0.3 is 0 Å². The van der Waals surface area contributed by atoms with Crippen molar-refractivity contribution in [3.05, 3.63) is 53.0 Å². The lowest BCUT2D eigenvalue weighted by molar-refractivity contribution is -0.116. The number of hydrogen-bond donors (Lipinski definition) is 1. The van der Waals surface area contributed by atoms with E-state index >= 15 is 0 Å². The number of aryl methyl sites for hydroxylation is 2. The third kappa shape index (κ3) is 5.35. The molecule has 1 N–H and O–H groups in total. The van der Waals surface area contributed by atoms with E-state index in [2.05, 4.69) is 20.4 Å². The van der Waals surface area contributed by atoms with Gasteiger partial charge in [-0.2, -0.15) is 5.10 Å². The Morgan fingerprint density at radius 2 is 1.87 bits per heavy atom. The molecule has 0 fully saturated rings. The van der Waals surface area contributed by atoms with Gasteiger partial charge in [-0.05, 0) is 38.2 Å². The maximum atomic E-state index is 12.6. The van der Waals surface area contributed by atoms with Gasteiger partial charge in [0.1, 0.15) is 5.82 Å². The lowest BCUT2D eigenvalue weighted by Crippen LogP contribution is -2.17. The van der Waals surface area contributed by atoms with Crippen LogP contribution in [0, 0.1) is 13.8 Å². The number of nitrogens with one attached hydrogen (secondary N) is 1. The molecule has 2 heterocycles. The number of hydrogen-bond acceptors (Lipinski definition) is 7. The van der Waals surface area contributed by atoms with E-state index in [0.29, 0.717) is 36.7 Å². The van der Waals surface area contributed by atoms with E-state index in [1.54, 1.807) is 31.2 Å². The van der Waals surface area contributed by atoms with Gasteiger partial charge in [0.2, 0.25) is 5.91 Å². The SMILES string of the molecule is COc1cccc(Cn2nccc2NC(=O)CCc2c(C)nc(SC)nc2C)c1OC. The third-order valence-corrected chi connectivity index (χ3v) is 5.52. The number of amides is 1. The molecule has 9 heteroatoms. The zero-order valence-corrected chi connectivity index (χ0v) is 19.2. The van der Waals surface area contributed by atoms with Crippen molar-refractivity contribution in [2.45, 2.75) is 38.4 Å². The van der Waals surface area contributed by atoms with Crippen LogP contribution in [0.5, 0.6) is 11.5 Å². The largest absolute Gasteiger partial charge is 0.493 e. The van der Waals surface area contributed by atoms with E-state index in [9.17, 15) is 4.79 Å². The van der Waals surface area contributed by atoms with Crippen LogP contribution in [-0.2, 0) is 17.8 Å². The minimum Gasteiger partial charge on any atom is -0.493 e. The van der Waals surface area contributed by atoms with E-state index < -0.39 is 0 Å². The summed E-state index contributed by atoms with van der Waals surface area (Å²) in [4.78, 5) is 21.6. The molecule has 0 aliphatic heterocycles. The van der Waals surface area contributed by atoms with Crippen LogP contribution in [0.4, 0.5) is 5.82 Å². The summed E-state index contributed by atoms with van der Waals surface area (Å²) < 4.78 is 12.6. The second-order valence-corrected chi connectivity index (χ2v) is 7.71. The quantitative estimate of drug-likeness (QED) is 0.400. The molecule has 0 atom stereocenters. The summed E-state index contributed by atoms with van der Waals surface area (Å²) in [7, 11) is 3.21. The highest BCUT2D eigenvalue weighted by molar-refractivity contribution is 7.98. The molecule has 3 rings (SSSR count). The molecule has 0 aliphatic rings. The van der Waals surface area contributed by atoms with Gasteiger partial charge in [-0.3, -0.25) is 4.79 Å². The summed E-state index contributed by atoms with van der Waals surface area (Å²) >= 11 is 1.51. The zero-order valence-electron chi connectivity index (χ0n) is 18.4. The molecule has 0 spiro atoms. The first kappa shape index (κ1) is 22.6. The van der Waals surface area contributed by atoms with E-state index in [1.165, 1.54) is 11.8 Å². The fourth-order valence-electron chi connectivity index (χ4n) is 3.41. The summed E-state index contributed by atoms with van der Waals surface area (Å²) in [5.41, 5.74) is 3.75. The van der Waals surface area contributed by atoms with Crippen LogP contribution < -0.4 is 14.8 Å². The number of ether oxygens (including phenoxy) is 2. The maximum Gasteiger partial charge on any atom is 0.225 e. The Bertz CT molecular complexity index is 1040. The number of carbonyl (C=O) groups is 1. The molecular formula is C22H27N5O3S. The molecule has 0 bridgehead atoms. The summed E-state index contributed by atoms with van der Waals surface area (Å²) in [5.74, 6) is 1.83. The fraction of sp³-hybridized carbons (Fsp3) is 0.364. The Labute approximate surface area is 186 Å². The summed E-state index contributed by atoms with van der Waals surface area (Å²) in [6.07, 6.45) is 4.52. The third-order valence-electron chi connectivity index (χ3n) is 4.97. The Kier molecular flexibility index (Phi) is 7.51. The zero-order chi connectivity index (χ0) is 22.4. The lowest BCUT2D eigenvalue weighted by atomic mass is 10.1. The predicted octanol–water partition coefficient (Wildman–Crippen LogP) is 3.65. The molecule has 0 aliphatic carbocycles. The standard InChI is InChI=1S/C22H27N5O3S/c1-14-17(15(2)25-22(24-14)31-5)9-10-20(28)26-19-11-12-23-27(19)13-16-7-6-8-18(29-3)21(16)30-4/h6-8,11-12H,9-10,13H2,1-5H3,(H,26,28). The molecule has 2 aromatic heterocycles. The van der Waals surface area contributed by atoms with Gasteiger partial charge in [0.05, 0.1) is 27.0 Å². The van der Waals surface area contributed by atoms with E-state index in [4.69, 9.17) is 9.47 Å². The molecule has 3 aromatic rings. The van der Waals surface area contributed by atoms with Crippen LogP contribution in [0.2, 0.25) is 0 Å². The summed E-state index contributed by atoms with van der Waals surface area (Å²) in [6.45, 7) is 4.35. The number of benzene rings is 1. The van der Waals surface area contributed by atoms with Crippen LogP contribution in [0.25, 0.3) is 0 Å². The minimum absolute atomic E-state index is 0.0906. The molecule has 164 valence electrons. The van der Waals surface area contributed by atoms with Crippen LogP contribution in [0.1, 0.15) is 28.9 Å². The molecule has 8 nitrogen and oxygen atoms in total. The van der Waals surface area contributed by atoms with Gasteiger partial charge in [0, 0.05) is 29.4 Å². The average molecular weight is 442 g/mol. The number of anilines is 1. The highest BCUT2D eigenvalue weighted by Crippen LogP contribution is 2.31. The monoisotopic (exact) mass is 441 g/mol. The van der Waals surface area contributed by atoms with Crippen molar-refractivity contribution in [3.8, 4) is 11.5 Å². The van der Waals surface area contributed by atoms with Crippen molar-refractivity contribution in [1.29, 1.82) is 0 Å². The van der Waals surface area contributed by atoms with Gasteiger partial charge in [-0.25, -0.2) is 14.6 Å². The van der Waals surface area contributed by atoms with E-state index in [0.717, 1.165) is 27.7 Å². The fourth-order valence-corrected chi connectivity index (χ4v) is 3.87. The van der Waals surface area contributed by atoms with Crippen molar-refractivity contribution in [1.82, 2.24) is 19.7 Å². The Morgan fingerprint density at radius 1 is 1.13 bits per heavy atom. The summed E-state index contributed by atoms with van der Waals surface area (Å²) in [5, 5.41) is 8.05. The van der Waals surface area contributed by atoms with E-state index in [-0.39, 0.29) is 5.91 Å². The molecule has 0 radical (unpaired) electrons. The highest BCUT2D eigenvalue weighted by Gasteiger charge is 2.15. The van der Waals surface area contributed by atoms with Gasteiger partial charge in [-0.1, -0.05) is 23.9 Å². The van der Waals surface area contributed by atoms with Gasteiger partial charge in [-0.15, -0.1) is 0 Å². The second-order valence-electron chi connectivity index (χ2n) is 6.93. The molecule has 0 saturated carbocycles. The Balaban J connectivity index is 1.68. The molecule has 1 amide bonds. The van der Waals surface area contributed by atoms with Crippen molar-refractivity contribution in [2.75, 3.05) is 25.8 Å². The molecule has 31 heavy (non-hydrogen) atoms. The second kappa shape index (κ2) is 10.3. The first-order chi connectivity index (χ1) is 15.0. The maximum absolute atomic E-state index is 12.6. The van der Waals surface area contributed by atoms with Crippen LogP contribution in [-0.4, -0.2) is 46.1 Å². The number of thioether (sulfide) groups is 1. The predicted molar refractivity (Wildman–Crippen MR) is 121 cm³/mol.